The van der Waals surface area contributed by atoms with Gasteiger partial charge in [0.25, 0.3) is 0 Å². The van der Waals surface area contributed by atoms with Crippen LogP contribution in [-0.2, 0) is 65.1 Å². The maximum absolute atomic E-state index is 15.5. The highest BCUT2D eigenvalue weighted by molar-refractivity contribution is 5.95. The van der Waals surface area contributed by atoms with Crippen molar-refractivity contribution in [3.8, 4) is 5.75 Å². The topological polar surface area (TPSA) is 364 Å². The third-order valence-electron chi connectivity index (χ3n) is 16.3. The van der Waals surface area contributed by atoms with Crippen molar-refractivity contribution in [3.63, 3.8) is 0 Å². The second-order valence-corrected chi connectivity index (χ2v) is 20.2. The number of carboxylic acids is 4. The smallest absolute Gasteiger partial charge is 0.344 e. The van der Waals surface area contributed by atoms with Crippen LogP contribution >= 0.6 is 0 Å². The number of aliphatic hydroxyl groups is 5. The van der Waals surface area contributed by atoms with Crippen molar-refractivity contribution in [1.29, 1.82) is 0 Å². The van der Waals surface area contributed by atoms with Gasteiger partial charge in [-0.2, -0.15) is 0 Å². The summed E-state index contributed by atoms with van der Waals surface area (Å²) in [4.78, 5) is 92.2. The highest BCUT2D eigenvalue weighted by atomic mass is 16.6. The van der Waals surface area contributed by atoms with Crippen molar-refractivity contribution >= 4 is 58.4 Å². The highest BCUT2D eigenvalue weighted by Gasteiger charge is 2.80. The summed E-state index contributed by atoms with van der Waals surface area (Å²) >= 11 is 0. The molecule has 1 saturated heterocycles. The van der Waals surface area contributed by atoms with E-state index in [-0.39, 0.29) is 18.4 Å². The number of para-hydroxylation sites is 1. The average Bonchev–Trinajstić information content (AvgIpc) is 3.20. The largest absolute Gasteiger partial charge is 0.496 e. The van der Waals surface area contributed by atoms with Gasteiger partial charge in [-0.05, 0) is 61.4 Å². The molecule has 1 aliphatic carbocycles. The molecule has 13 atom stereocenters. The maximum atomic E-state index is 15.5. The van der Waals surface area contributed by atoms with Gasteiger partial charge >= 0.3 is 41.8 Å². The summed E-state index contributed by atoms with van der Waals surface area (Å²) in [6.45, 7) is 8.50. The van der Waals surface area contributed by atoms with Crippen molar-refractivity contribution in [2.45, 2.75) is 112 Å². The number of methoxy groups -OCH3 is 3. The van der Waals surface area contributed by atoms with Gasteiger partial charge in [-0.15, -0.1) is 0 Å². The number of hydrogen-bond acceptors (Lipinski definition) is 19. The number of aromatic nitrogens is 1. The Balaban J connectivity index is 0.000000393. The van der Waals surface area contributed by atoms with E-state index in [0.717, 1.165) is 35.0 Å². The molecule has 1 saturated carbocycles. The first-order valence-electron chi connectivity index (χ1n) is 26.2. The molecule has 1 spiro atoms. The lowest BCUT2D eigenvalue weighted by molar-refractivity contribution is -0.228. The van der Waals surface area contributed by atoms with Gasteiger partial charge in [-0.25, -0.2) is 24.0 Å². The molecule has 24 nitrogen and oxygen atoms in total. The lowest BCUT2D eigenvalue weighted by Crippen LogP contribution is -2.81. The van der Waals surface area contributed by atoms with Crippen LogP contribution in [0.5, 0.6) is 5.75 Å². The molecule has 0 amide bonds. The standard InChI is InChI=1S/C45H54N4O8.2C4H6O6/c1-8-27-19-28-22-44(40(51)55-6,36-30(25-48(23-27)24-28)29-13-10-11-14-33(29)46-36)32-20-31-34(21-35(32)54-5)47(4)38-43(31)16-18-49-17-12-15-42(9-2,37(43)49)39(57-26(3)50)45(38,53)41(52)56-7;2*5-1(3(7)8)2(6)4(9)10/h10-15,19-21,28,37-39,46,53H,8-9,16-18,22-25H2,1-7H3;2*1-2,5-6H,(H,7,8)(H,9,10)/t28?,37-,38+,39+,42+,43+,44+,45-;2*1-,2-/m011/s1/i6D3;;. The average molecular weight is 1080 g/mol. The number of rotatable bonds is 13. The number of esters is 3. The second-order valence-electron chi connectivity index (χ2n) is 20.2. The van der Waals surface area contributed by atoms with E-state index < -0.39 is 107 Å². The van der Waals surface area contributed by atoms with Crippen LogP contribution in [-0.4, -0.2) is 205 Å². The number of aromatic amines is 1. The molecule has 418 valence electrons. The number of nitrogens with one attached hydrogen (secondary N) is 1. The minimum Gasteiger partial charge on any atom is -0.496 e. The van der Waals surface area contributed by atoms with Gasteiger partial charge in [0.2, 0.25) is 5.60 Å². The molecule has 77 heavy (non-hydrogen) atoms. The van der Waals surface area contributed by atoms with Crippen molar-refractivity contribution in [3.05, 3.63) is 82.6 Å². The summed E-state index contributed by atoms with van der Waals surface area (Å²) in [6, 6.07) is 10.3. The third-order valence-corrected chi connectivity index (χ3v) is 16.3. The van der Waals surface area contributed by atoms with Crippen molar-refractivity contribution in [2.75, 3.05) is 59.4 Å². The van der Waals surface area contributed by atoms with Crippen LogP contribution in [0.15, 0.2) is 60.2 Å². The number of H-pyrrole nitrogens is 1. The van der Waals surface area contributed by atoms with Gasteiger partial charge in [0, 0.05) is 90.9 Å². The first-order valence-corrected chi connectivity index (χ1v) is 24.7. The number of aliphatic carboxylic acids is 4. The Labute approximate surface area is 445 Å². The Morgan fingerprint density at radius 2 is 1.47 bits per heavy atom. The number of likely N-dealkylation sites (N-methyl/N-ethyl adjacent to an activating group) is 1. The zero-order chi connectivity index (χ0) is 59.4. The number of hydrogen-bond donors (Lipinski definition) is 10. The van der Waals surface area contributed by atoms with E-state index in [4.69, 9.17) is 63.9 Å². The molecular weight excluding hydrogens is 1010 g/mol. The molecule has 1 aromatic heterocycles. The molecule has 6 aliphatic rings. The van der Waals surface area contributed by atoms with Crippen molar-refractivity contribution < 1.29 is 103 Å². The quantitative estimate of drug-likeness (QED) is 0.0633. The number of carbonyl (C=O) groups excluding carboxylic acids is 3. The zero-order valence-corrected chi connectivity index (χ0v) is 43.0. The second kappa shape index (κ2) is 21.8. The molecule has 0 radical (unpaired) electrons. The maximum Gasteiger partial charge on any atom is 0.344 e. The fraction of sp³-hybridized carbons (Fsp3) is 0.528. The fourth-order valence-electron chi connectivity index (χ4n) is 13.3. The fourth-order valence-corrected chi connectivity index (χ4v) is 13.3. The van der Waals surface area contributed by atoms with Crippen molar-refractivity contribution in [1.82, 2.24) is 14.8 Å². The molecule has 2 fully saturated rings. The van der Waals surface area contributed by atoms with Gasteiger partial charge in [0.15, 0.2) is 30.5 Å². The van der Waals surface area contributed by atoms with E-state index in [1.807, 2.05) is 67.4 Å². The number of fused-ring (bicyclic) bond motifs is 6. The SMILES string of the molecule is O=C(O)[C@H](O)[C@@H](O)C(=O)O.O=C(O)[C@H](O)[C@@H](O)C(=O)O.[2H]C([2H])([2H])OC(=O)[C@@]1(c2cc3c(cc2OC)N(C)[C@H]2[C@@](O)(C(=O)OC)[C@H](OC(C)=O)[C@]4(CC)C=CCN5CC[C@]32[C@@H]54)CC2C=C(CC)CN(Cc3c1[nH]c1ccccc31)C2. The van der Waals surface area contributed by atoms with E-state index in [2.05, 4.69) is 27.8 Å². The molecule has 2 unspecified atom stereocenters. The predicted molar refractivity (Wildman–Crippen MR) is 269 cm³/mol. The van der Waals surface area contributed by atoms with Crippen molar-refractivity contribution in [2.24, 2.45) is 11.3 Å². The Morgan fingerprint density at radius 3 is 2.01 bits per heavy atom. The van der Waals surface area contributed by atoms with Crippen LogP contribution in [0.1, 0.15) is 73.0 Å². The Morgan fingerprint density at radius 1 is 0.844 bits per heavy atom. The van der Waals surface area contributed by atoms with E-state index in [1.165, 1.54) is 26.7 Å². The van der Waals surface area contributed by atoms with Gasteiger partial charge in [-0.1, -0.05) is 55.8 Å². The van der Waals surface area contributed by atoms with E-state index in [1.54, 1.807) is 0 Å². The van der Waals surface area contributed by atoms with Crippen LogP contribution in [0.4, 0.5) is 5.69 Å². The number of benzene rings is 2. The van der Waals surface area contributed by atoms with E-state index in [0.29, 0.717) is 61.7 Å². The predicted octanol–water partition coefficient (Wildman–Crippen LogP) is 0.508. The Kier molecular flexibility index (Phi) is 15.2. The summed E-state index contributed by atoms with van der Waals surface area (Å²) in [7, 11) is 1.49. The highest BCUT2D eigenvalue weighted by Crippen LogP contribution is 2.68. The van der Waals surface area contributed by atoms with Crippen LogP contribution in [0.25, 0.3) is 10.9 Å². The lowest BCUT2D eigenvalue weighted by atomic mass is 9.47. The number of carboxylic acid groups (broad SMARTS) is 4. The number of anilines is 1. The lowest BCUT2D eigenvalue weighted by Gasteiger charge is -2.63. The number of aliphatic hydroxyl groups excluding tert-OH is 4. The van der Waals surface area contributed by atoms with Crippen LogP contribution < -0.4 is 9.64 Å². The number of ether oxygens (including phenoxy) is 4. The molecule has 2 bridgehead atoms. The van der Waals surface area contributed by atoms with Gasteiger partial charge in [0.1, 0.15) is 11.2 Å². The summed E-state index contributed by atoms with van der Waals surface area (Å²) in [5, 5.41) is 79.3. The third kappa shape index (κ3) is 9.27. The minimum atomic E-state index is -3.07. The first kappa shape index (κ1) is 53.5. The number of nitrogens with zero attached hydrogens (tertiary/aromatic N) is 3. The van der Waals surface area contributed by atoms with E-state index in [9.17, 15) is 33.9 Å². The number of carbonyl (C=O) groups is 7. The monoisotopic (exact) mass is 1080 g/mol. The molecule has 2 aromatic carbocycles. The van der Waals surface area contributed by atoms with Gasteiger partial charge in [0.05, 0.1) is 31.4 Å². The van der Waals surface area contributed by atoms with Crippen LogP contribution in [0, 0.1) is 11.3 Å². The van der Waals surface area contributed by atoms with Crippen LogP contribution in [0.3, 0.4) is 0 Å². The van der Waals surface area contributed by atoms with Gasteiger partial charge < -0.3 is 74.8 Å². The normalized spacial score (nSPS) is 30.7. The summed E-state index contributed by atoms with van der Waals surface area (Å²) in [5.41, 5.74) is -0.837. The molecular formula is C53H66N4O20. The van der Waals surface area contributed by atoms with E-state index >= 15 is 4.79 Å². The minimum absolute atomic E-state index is 0.168. The van der Waals surface area contributed by atoms with Gasteiger partial charge in [-0.3, -0.25) is 19.4 Å². The molecule has 9 rings (SSSR count). The molecule has 24 heteroatoms. The summed E-state index contributed by atoms with van der Waals surface area (Å²) < 4.78 is 48.3. The molecule has 10 N–H and O–H groups in total. The zero-order valence-electron chi connectivity index (χ0n) is 46.0. The van der Waals surface area contributed by atoms with Crippen LogP contribution in [0.2, 0.25) is 0 Å². The molecule has 6 heterocycles. The summed E-state index contributed by atoms with van der Waals surface area (Å²) in [6.07, 6.45) is -2.21. The molecule has 5 aliphatic heterocycles. The Bertz CT molecular complexity index is 2950. The first-order chi connectivity index (χ1) is 37.5. The molecule has 3 aromatic rings. The Hall–Kier alpha value is -6.93. The summed E-state index contributed by atoms with van der Waals surface area (Å²) in [5.74, 6) is -9.42.